The van der Waals surface area contributed by atoms with Crippen LogP contribution in [-0.4, -0.2) is 24.8 Å². The van der Waals surface area contributed by atoms with E-state index in [0.29, 0.717) is 0 Å². The summed E-state index contributed by atoms with van der Waals surface area (Å²) < 4.78 is 8.12. The molecule has 2 aliphatic rings. The largest absolute Gasteiger partial charge is 0.443 e. The van der Waals surface area contributed by atoms with Gasteiger partial charge in [-0.05, 0) is 98.9 Å². The Morgan fingerprint density at radius 1 is 0.833 bits per heavy atom. The maximum Gasteiger partial charge on any atom is 0.405 e. The van der Waals surface area contributed by atoms with Crippen molar-refractivity contribution in [2.24, 2.45) is 22.5 Å². The Labute approximate surface area is 232 Å². The van der Waals surface area contributed by atoms with Gasteiger partial charge in [0.15, 0.2) is 0 Å². The molecule has 36 heavy (non-hydrogen) atoms. The lowest BCUT2D eigenvalue weighted by Crippen LogP contribution is -2.58. The highest BCUT2D eigenvalue weighted by Crippen LogP contribution is 2.61. The summed E-state index contributed by atoms with van der Waals surface area (Å²) in [6.07, 6.45) is 8.57. The first-order valence-corrected chi connectivity index (χ1v) is 14.7. The number of carbonyl (C=O) groups is 1. The number of anilines is 2. The van der Waals surface area contributed by atoms with E-state index in [1.807, 2.05) is 0 Å². The molecule has 0 saturated heterocycles. The Kier molecular flexibility index (Phi) is 8.60. The highest BCUT2D eigenvalue weighted by Gasteiger charge is 2.59. The highest BCUT2D eigenvalue weighted by molar-refractivity contribution is 9.10. The van der Waals surface area contributed by atoms with E-state index in [9.17, 15) is 4.79 Å². The number of rotatable bonds is 10. The lowest BCUT2D eigenvalue weighted by atomic mass is 9.54. The molecule has 2 aliphatic carbocycles. The van der Waals surface area contributed by atoms with Crippen molar-refractivity contribution in [1.29, 1.82) is 0 Å². The molecule has 0 radical (unpaired) electrons. The summed E-state index contributed by atoms with van der Waals surface area (Å²) in [7, 11) is 0. The molecule has 0 unspecified atom stereocenters. The molecule has 2 aromatic rings. The van der Waals surface area contributed by atoms with Gasteiger partial charge in [-0.3, -0.25) is 0 Å². The number of primary amides is 1. The molecule has 0 spiro atoms. The van der Waals surface area contributed by atoms with Crippen LogP contribution in [0.15, 0.2) is 57.5 Å². The fourth-order valence-electron chi connectivity index (χ4n) is 7.43. The second kappa shape index (κ2) is 11.3. The Morgan fingerprint density at radius 2 is 1.19 bits per heavy atom. The summed E-state index contributed by atoms with van der Waals surface area (Å²) in [6, 6.07) is 16.8. The van der Waals surface area contributed by atoms with Crippen LogP contribution in [0.25, 0.3) is 0 Å². The number of halogens is 2. The van der Waals surface area contributed by atoms with Crippen molar-refractivity contribution in [1.82, 2.24) is 0 Å². The monoisotopic (exact) mass is 619 g/mol. The molecule has 2 saturated carbocycles. The minimum absolute atomic E-state index is 0.00222. The van der Waals surface area contributed by atoms with Gasteiger partial charge >= 0.3 is 6.09 Å². The summed E-state index contributed by atoms with van der Waals surface area (Å²) >= 11 is 7.08. The van der Waals surface area contributed by atoms with Crippen LogP contribution in [0.4, 0.5) is 16.2 Å². The summed E-state index contributed by atoms with van der Waals surface area (Å²) in [5.74, 6) is 0.154. The molecule has 2 fully saturated rings. The molecule has 0 aromatic heterocycles. The van der Waals surface area contributed by atoms with Crippen LogP contribution in [0.1, 0.15) is 65.2 Å². The molecule has 0 atom stereocenters. The van der Waals surface area contributed by atoms with Crippen molar-refractivity contribution in [3.05, 3.63) is 57.5 Å². The summed E-state index contributed by atoms with van der Waals surface area (Å²) in [4.78, 5) is 12.1. The third-order valence-electron chi connectivity index (χ3n) is 8.46. The van der Waals surface area contributed by atoms with Gasteiger partial charge in [0.25, 0.3) is 0 Å². The van der Waals surface area contributed by atoms with Crippen molar-refractivity contribution in [3.8, 4) is 0 Å². The molecule has 2 aromatic carbocycles. The zero-order chi connectivity index (χ0) is 25.8. The van der Waals surface area contributed by atoms with E-state index in [-0.39, 0.29) is 16.7 Å². The van der Waals surface area contributed by atoms with Crippen LogP contribution in [-0.2, 0) is 4.74 Å². The number of ether oxygens (including phenoxy) is 1. The second-order valence-corrected chi connectivity index (χ2v) is 13.1. The average molecular weight is 621 g/mol. The number of amides is 1. The predicted octanol–water partition coefficient (Wildman–Crippen LogP) is 8.35. The molecule has 0 aliphatic heterocycles. The van der Waals surface area contributed by atoms with E-state index >= 15 is 0 Å². The van der Waals surface area contributed by atoms with Crippen LogP contribution < -0.4 is 16.4 Å². The molecule has 4 N–H and O–H groups in total. The molecule has 196 valence electrons. The molecule has 1 amide bonds. The Morgan fingerprint density at radius 3 is 1.53 bits per heavy atom. The lowest BCUT2D eigenvalue weighted by molar-refractivity contribution is -0.111. The van der Waals surface area contributed by atoms with E-state index in [0.717, 1.165) is 59.1 Å². The number of hydrogen-bond acceptors (Lipinski definition) is 4. The Balaban J connectivity index is 1.69. The van der Waals surface area contributed by atoms with Crippen molar-refractivity contribution in [2.45, 2.75) is 70.8 Å². The van der Waals surface area contributed by atoms with Crippen molar-refractivity contribution in [3.63, 3.8) is 0 Å². The zero-order valence-electron chi connectivity index (χ0n) is 21.4. The van der Waals surface area contributed by atoms with E-state index in [1.165, 1.54) is 25.7 Å². The van der Waals surface area contributed by atoms with Gasteiger partial charge < -0.3 is 21.1 Å². The number of carbonyl (C=O) groups excluding carboxylic acids is 1. The van der Waals surface area contributed by atoms with Crippen LogP contribution in [0, 0.1) is 16.7 Å². The van der Waals surface area contributed by atoms with Crippen LogP contribution in [0.3, 0.4) is 0 Å². The van der Waals surface area contributed by atoms with Crippen LogP contribution >= 0.6 is 31.9 Å². The zero-order valence-corrected chi connectivity index (χ0v) is 24.6. The number of benzene rings is 2. The van der Waals surface area contributed by atoms with Gasteiger partial charge in [-0.1, -0.05) is 57.5 Å². The highest BCUT2D eigenvalue weighted by atomic mass is 79.9. The SMILES string of the molecule is CC(C)(OC(N)=O)C(C1(CNc2ccc(Br)cc2)CCCC1)C1(CNc2ccc(Br)cc2)CCCC1. The third-order valence-corrected chi connectivity index (χ3v) is 9.52. The van der Waals surface area contributed by atoms with Crippen LogP contribution in [0.5, 0.6) is 0 Å². The van der Waals surface area contributed by atoms with Gasteiger partial charge in [-0.25, -0.2) is 4.79 Å². The van der Waals surface area contributed by atoms with Gasteiger partial charge in [0.05, 0.1) is 0 Å². The quantitative estimate of drug-likeness (QED) is 0.249. The summed E-state index contributed by atoms with van der Waals surface area (Å²) in [5.41, 5.74) is 7.19. The minimum Gasteiger partial charge on any atom is -0.443 e. The smallest absolute Gasteiger partial charge is 0.405 e. The number of nitrogens with two attached hydrogens (primary N) is 1. The molecule has 5 nitrogen and oxygen atoms in total. The molecule has 0 bridgehead atoms. The standard InChI is InChI=1S/C29H39Br2N3O2/c1-27(2,36-26(32)35)25(28(15-3-4-16-28)19-33-23-11-7-21(30)8-12-23)29(17-5-6-18-29)20-34-24-13-9-22(31)10-14-24/h7-14,25,33-34H,3-6,15-20H2,1-2H3,(H2,32,35). The first-order valence-electron chi connectivity index (χ1n) is 13.1. The van der Waals surface area contributed by atoms with E-state index in [1.54, 1.807) is 0 Å². The van der Waals surface area contributed by atoms with Gasteiger partial charge in [0.2, 0.25) is 0 Å². The maximum absolute atomic E-state index is 12.1. The lowest BCUT2D eigenvalue weighted by Gasteiger charge is -2.55. The Hall–Kier alpha value is -1.73. The van der Waals surface area contributed by atoms with E-state index in [2.05, 4.69) is 105 Å². The van der Waals surface area contributed by atoms with Crippen LogP contribution in [0.2, 0.25) is 0 Å². The topological polar surface area (TPSA) is 76.4 Å². The summed E-state index contributed by atoms with van der Waals surface area (Å²) in [6.45, 7) is 5.87. The second-order valence-electron chi connectivity index (χ2n) is 11.3. The molecule has 0 heterocycles. The van der Waals surface area contributed by atoms with E-state index in [4.69, 9.17) is 10.5 Å². The number of hydrogen-bond donors (Lipinski definition) is 3. The number of nitrogens with one attached hydrogen (secondary N) is 2. The van der Waals surface area contributed by atoms with Crippen molar-refractivity contribution in [2.75, 3.05) is 23.7 Å². The molecular weight excluding hydrogens is 582 g/mol. The molecule has 7 heteroatoms. The fourth-order valence-corrected chi connectivity index (χ4v) is 7.96. The van der Waals surface area contributed by atoms with Gasteiger partial charge in [0, 0.05) is 39.3 Å². The molecule has 4 rings (SSSR count). The normalized spacial score (nSPS) is 18.8. The first-order chi connectivity index (χ1) is 17.1. The first kappa shape index (κ1) is 27.3. The third kappa shape index (κ3) is 6.21. The minimum atomic E-state index is -0.691. The molecular formula is C29H39Br2N3O2. The average Bonchev–Trinajstić information content (AvgIpc) is 3.49. The fraction of sp³-hybridized carbons (Fsp3) is 0.552. The van der Waals surface area contributed by atoms with Crippen molar-refractivity contribution < 1.29 is 9.53 Å². The van der Waals surface area contributed by atoms with Crippen molar-refractivity contribution >= 4 is 49.3 Å². The Bertz CT molecular complexity index is 942. The van der Waals surface area contributed by atoms with Gasteiger partial charge in [0.1, 0.15) is 5.60 Å². The summed E-state index contributed by atoms with van der Waals surface area (Å²) in [5, 5.41) is 7.53. The van der Waals surface area contributed by atoms with Gasteiger partial charge in [-0.2, -0.15) is 0 Å². The predicted molar refractivity (Wildman–Crippen MR) is 155 cm³/mol. The van der Waals surface area contributed by atoms with Gasteiger partial charge in [-0.15, -0.1) is 0 Å². The maximum atomic E-state index is 12.1. The van der Waals surface area contributed by atoms with E-state index < -0.39 is 11.7 Å².